The number of methoxy groups -OCH3 is 1. The quantitative estimate of drug-likeness (QED) is 0.867. The fourth-order valence-corrected chi connectivity index (χ4v) is 2.31. The van der Waals surface area contributed by atoms with Crippen molar-refractivity contribution in [3.63, 3.8) is 0 Å². The molecule has 1 aromatic carbocycles. The molecule has 0 radical (unpaired) electrons. The molecule has 0 fully saturated rings. The Morgan fingerprint density at radius 2 is 1.59 bits per heavy atom. The normalized spacial score (nSPS) is 10.3. The van der Waals surface area contributed by atoms with Crippen molar-refractivity contribution in [3.8, 4) is 5.75 Å². The fraction of sp³-hybridized carbons (Fsp3) is 0.100. The number of rotatable bonds is 3. The summed E-state index contributed by atoms with van der Waals surface area (Å²) in [6.07, 6.45) is 0. The predicted octanol–water partition coefficient (Wildman–Crippen LogP) is 3.34. The average molecular weight is 288 g/mol. The van der Waals surface area contributed by atoms with Crippen LogP contribution in [-0.4, -0.2) is 22.1 Å². The maximum Gasteiger partial charge on any atom is 0.227 e. The van der Waals surface area contributed by atoms with Gasteiger partial charge in [-0.2, -0.15) is 15.0 Å². The van der Waals surface area contributed by atoms with Gasteiger partial charge < -0.3 is 4.74 Å². The van der Waals surface area contributed by atoms with E-state index in [0.29, 0.717) is 5.16 Å². The maximum absolute atomic E-state index is 5.68. The van der Waals surface area contributed by atoms with Crippen molar-refractivity contribution in [2.45, 2.75) is 10.1 Å². The van der Waals surface area contributed by atoms with Crippen molar-refractivity contribution in [2.75, 3.05) is 7.11 Å². The summed E-state index contributed by atoms with van der Waals surface area (Å²) in [4.78, 5) is 12.6. The lowest BCUT2D eigenvalue weighted by atomic mass is 10.3. The third-order valence-corrected chi connectivity index (χ3v) is 3.04. The van der Waals surface area contributed by atoms with E-state index in [1.165, 1.54) is 11.8 Å². The lowest BCUT2D eigenvalue weighted by Gasteiger charge is -2.02. The van der Waals surface area contributed by atoms with Crippen molar-refractivity contribution < 1.29 is 4.74 Å². The van der Waals surface area contributed by atoms with Gasteiger partial charge in [0, 0.05) is 4.90 Å². The Morgan fingerprint density at radius 1 is 1.00 bits per heavy atom. The van der Waals surface area contributed by atoms with E-state index in [-0.39, 0.29) is 10.6 Å². The van der Waals surface area contributed by atoms with E-state index in [1.807, 2.05) is 24.3 Å². The number of hydrogen-bond donors (Lipinski definition) is 0. The first kappa shape index (κ1) is 12.4. The van der Waals surface area contributed by atoms with Crippen LogP contribution in [-0.2, 0) is 0 Å². The van der Waals surface area contributed by atoms with E-state index in [1.54, 1.807) is 7.11 Å². The molecule has 0 unspecified atom stereocenters. The lowest BCUT2D eigenvalue weighted by Crippen LogP contribution is -1.91. The van der Waals surface area contributed by atoms with Crippen LogP contribution in [0, 0.1) is 0 Å². The molecule has 0 saturated heterocycles. The molecule has 0 N–H and O–H groups in total. The van der Waals surface area contributed by atoms with Gasteiger partial charge in [0.2, 0.25) is 10.6 Å². The van der Waals surface area contributed by atoms with Crippen LogP contribution in [0.15, 0.2) is 34.3 Å². The summed E-state index contributed by atoms with van der Waals surface area (Å²) in [6, 6.07) is 7.50. The summed E-state index contributed by atoms with van der Waals surface area (Å²) in [7, 11) is 1.62. The van der Waals surface area contributed by atoms with Crippen LogP contribution in [0.4, 0.5) is 0 Å². The zero-order chi connectivity index (χ0) is 12.3. The van der Waals surface area contributed by atoms with Gasteiger partial charge in [-0.05, 0) is 59.2 Å². The fourth-order valence-electron chi connectivity index (χ4n) is 1.10. The van der Waals surface area contributed by atoms with E-state index < -0.39 is 0 Å². The summed E-state index contributed by atoms with van der Waals surface area (Å²) in [5, 5.41) is 0.627. The summed E-state index contributed by atoms with van der Waals surface area (Å²) in [5.74, 6) is 0.793. The number of ether oxygens (including phenoxy) is 1. The molecule has 0 aliphatic carbocycles. The highest BCUT2D eigenvalue weighted by Crippen LogP contribution is 2.27. The third kappa shape index (κ3) is 3.46. The number of benzene rings is 1. The summed E-state index contributed by atoms with van der Waals surface area (Å²) in [6.45, 7) is 0. The van der Waals surface area contributed by atoms with Gasteiger partial charge in [0.1, 0.15) is 5.75 Å². The first-order valence-corrected chi connectivity index (χ1v) is 6.13. The molecule has 0 amide bonds. The minimum Gasteiger partial charge on any atom is -0.497 e. The SMILES string of the molecule is COc1ccc(Sc2nc(Cl)nc(Cl)n2)cc1. The molecule has 0 spiro atoms. The summed E-state index contributed by atoms with van der Waals surface area (Å²) in [5.41, 5.74) is 0. The zero-order valence-corrected chi connectivity index (χ0v) is 11.1. The lowest BCUT2D eigenvalue weighted by molar-refractivity contribution is 0.414. The van der Waals surface area contributed by atoms with Gasteiger partial charge in [-0.3, -0.25) is 0 Å². The highest BCUT2D eigenvalue weighted by molar-refractivity contribution is 7.99. The molecule has 7 heteroatoms. The second-order valence-corrected chi connectivity index (χ2v) is 4.65. The molecule has 2 aromatic rings. The van der Waals surface area contributed by atoms with E-state index >= 15 is 0 Å². The van der Waals surface area contributed by atoms with Gasteiger partial charge in [-0.1, -0.05) is 0 Å². The molecule has 0 aliphatic heterocycles. The van der Waals surface area contributed by atoms with Gasteiger partial charge in [0.25, 0.3) is 0 Å². The van der Waals surface area contributed by atoms with E-state index in [4.69, 9.17) is 27.9 Å². The van der Waals surface area contributed by atoms with Crippen LogP contribution in [0.3, 0.4) is 0 Å². The Kier molecular flexibility index (Phi) is 4.04. The largest absolute Gasteiger partial charge is 0.497 e. The Balaban J connectivity index is 2.19. The molecule has 1 aromatic heterocycles. The zero-order valence-electron chi connectivity index (χ0n) is 8.72. The summed E-state index contributed by atoms with van der Waals surface area (Å²) >= 11 is 12.7. The van der Waals surface area contributed by atoms with Crippen LogP contribution in [0.5, 0.6) is 5.75 Å². The van der Waals surface area contributed by atoms with Gasteiger partial charge in [-0.15, -0.1) is 0 Å². The Bertz CT molecular complexity index is 501. The van der Waals surface area contributed by atoms with Crippen LogP contribution < -0.4 is 4.74 Å². The van der Waals surface area contributed by atoms with Crippen LogP contribution in [0.2, 0.25) is 10.6 Å². The maximum atomic E-state index is 5.68. The predicted molar refractivity (Wildman–Crippen MR) is 67.0 cm³/mol. The molecular formula is C10H7Cl2N3OS. The molecule has 0 saturated carbocycles. The van der Waals surface area contributed by atoms with Gasteiger partial charge in [0.15, 0.2) is 5.16 Å². The van der Waals surface area contributed by atoms with Crippen molar-refractivity contribution in [1.82, 2.24) is 15.0 Å². The highest BCUT2D eigenvalue weighted by Gasteiger charge is 2.05. The minimum absolute atomic E-state index is 0.0843. The van der Waals surface area contributed by atoms with Crippen molar-refractivity contribution in [1.29, 1.82) is 0 Å². The molecule has 1 heterocycles. The summed E-state index contributed by atoms with van der Waals surface area (Å²) < 4.78 is 5.06. The van der Waals surface area contributed by atoms with E-state index in [0.717, 1.165) is 10.6 Å². The molecular weight excluding hydrogens is 281 g/mol. The number of aromatic nitrogens is 3. The van der Waals surface area contributed by atoms with Crippen molar-refractivity contribution in [3.05, 3.63) is 34.8 Å². The molecule has 17 heavy (non-hydrogen) atoms. The highest BCUT2D eigenvalue weighted by atomic mass is 35.5. The third-order valence-electron chi connectivity index (χ3n) is 1.83. The second kappa shape index (κ2) is 5.53. The molecule has 2 rings (SSSR count). The molecule has 0 aliphatic rings. The van der Waals surface area contributed by atoms with Crippen molar-refractivity contribution >= 4 is 35.0 Å². The first-order chi connectivity index (χ1) is 8.17. The Morgan fingerprint density at radius 3 is 2.12 bits per heavy atom. The first-order valence-electron chi connectivity index (χ1n) is 4.56. The number of nitrogens with zero attached hydrogens (tertiary/aromatic N) is 3. The molecule has 0 bridgehead atoms. The Labute approximate surface area is 112 Å². The second-order valence-electron chi connectivity index (χ2n) is 2.93. The van der Waals surface area contributed by atoms with Crippen LogP contribution >= 0.6 is 35.0 Å². The standard InChI is InChI=1S/C10H7Cl2N3OS/c1-16-6-2-4-7(5-3-6)17-10-14-8(11)13-9(12)15-10/h2-5H,1H3. The van der Waals surface area contributed by atoms with Crippen LogP contribution in [0.1, 0.15) is 0 Å². The topological polar surface area (TPSA) is 47.9 Å². The van der Waals surface area contributed by atoms with Gasteiger partial charge >= 0.3 is 0 Å². The minimum atomic E-state index is 0.0843. The smallest absolute Gasteiger partial charge is 0.227 e. The number of halogens is 2. The molecule has 88 valence electrons. The average Bonchev–Trinajstić information content (AvgIpc) is 2.28. The van der Waals surface area contributed by atoms with Gasteiger partial charge in [0.05, 0.1) is 7.11 Å². The Hall–Kier alpha value is -1.04. The van der Waals surface area contributed by atoms with E-state index in [9.17, 15) is 0 Å². The molecule has 0 atom stereocenters. The number of hydrogen-bond acceptors (Lipinski definition) is 5. The van der Waals surface area contributed by atoms with E-state index in [2.05, 4.69) is 15.0 Å². The van der Waals surface area contributed by atoms with Crippen LogP contribution in [0.25, 0.3) is 0 Å². The molecule has 4 nitrogen and oxygen atoms in total. The monoisotopic (exact) mass is 287 g/mol. The van der Waals surface area contributed by atoms with Crippen molar-refractivity contribution in [2.24, 2.45) is 0 Å². The van der Waals surface area contributed by atoms with Gasteiger partial charge in [-0.25, -0.2) is 0 Å².